The number of nitrogens with zero attached hydrogens (tertiary/aromatic N) is 2. The van der Waals surface area contributed by atoms with E-state index in [9.17, 15) is 9.59 Å². The highest BCUT2D eigenvalue weighted by Gasteiger charge is 2.32. The monoisotopic (exact) mass is 371 g/mol. The lowest BCUT2D eigenvalue weighted by Crippen LogP contribution is -2.50. The van der Waals surface area contributed by atoms with Crippen LogP contribution in [0.1, 0.15) is 20.8 Å². The largest absolute Gasteiger partial charge is 0.487 e. The van der Waals surface area contributed by atoms with Crippen LogP contribution in [0.3, 0.4) is 0 Å². The molecule has 2 heterocycles. The number of pyridine rings is 1. The van der Waals surface area contributed by atoms with Gasteiger partial charge in [0.2, 0.25) is 0 Å². The average molecular weight is 372 g/mol. The first-order chi connectivity index (χ1) is 10.2. The van der Waals surface area contributed by atoms with Crippen molar-refractivity contribution in [1.29, 1.82) is 0 Å². The highest BCUT2D eigenvalue weighted by molar-refractivity contribution is 9.10. The molecule has 1 N–H and O–H groups in total. The number of hydrogen-bond donors (Lipinski definition) is 1. The lowest BCUT2D eigenvalue weighted by molar-refractivity contribution is -0.120. The second kappa shape index (κ2) is 6.12. The maximum absolute atomic E-state index is 12.4. The number of alkyl carbamates (subject to hydrolysis) is 1. The Balaban J connectivity index is 2.15. The summed E-state index contributed by atoms with van der Waals surface area (Å²) in [4.78, 5) is 29.9. The zero-order valence-corrected chi connectivity index (χ0v) is 14.4. The highest BCUT2D eigenvalue weighted by atomic mass is 79.9. The van der Waals surface area contributed by atoms with E-state index in [2.05, 4.69) is 26.2 Å². The molecule has 1 aromatic heterocycles. The van der Waals surface area contributed by atoms with Crippen LogP contribution < -0.4 is 15.0 Å². The number of rotatable bonds is 1. The fourth-order valence-electron chi connectivity index (χ4n) is 1.90. The van der Waals surface area contributed by atoms with Crippen molar-refractivity contribution in [2.24, 2.45) is 0 Å². The van der Waals surface area contributed by atoms with Crippen molar-refractivity contribution in [1.82, 2.24) is 10.3 Å². The number of aromatic nitrogens is 1. The van der Waals surface area contributed by atoms with Gasteiger partial charge in [-0.3, -0.25) is 9.69 Å². The van der Waals surface area contributed by atoms with E-state index >= 15 is 0 Å². The average Bonchev–Trinajstić information content (AvgIpc) is 2.50. The van der Waals surface area contributed by atoms with Gasteiger partial charge in [0.25, 0.3) is 5.91 Å². The molecular weight excluding hydrogens is 354 g/mol. The molecule has 7 nitrogen and oxygen atoms in total. The lowest BCUT2D eigenvalue weighted by atomic mass is 10.2. The predicted molar refractivity (Wildman–Crippen MR) is 84.0 cm³/mol. The maximum atomic E-state index is 12.4. The number of hydrogen-bond acceptors (Lipinski definition) is 5. The smallest absolute Gasteiger partial charge is 0.408 e. The SMILES string of the molecule is CN1C(=O)C(NC(=O)OC(C)(C)C)COc2ccc(Br)nc21. The number of carbonyl (C=O) groups is 2. The van der Waals surface area contributed by atoms with Crippen LogP contribution >= 0.6 is 15.9 Å². The molecule has 8 heteroatoms. The first kappa shape index (κ1) is 16.5. The van der Waals surface area contributed by atoms with Crippen molar-refractivity contribution in [3.63, 3.8) is 0 Å². The quantitative estimate of drug-likeness (QED) is 0.764. The second-order valence-corrected chi connectivity index (χ2v) is 6.68. The number of fused-ring (bicyclic) bond motifs is 1. The van der Waals surface area contributed by atoms with Gasteiger partial charge in [0, 0.05) is 7.05 Å². The summed E-state index contributed by atoms with van der Waals surface area (Å²) in [7, 11) is 1.58. The third kappa shape index (κ3) is 3.88. The number of amides is 2. The molecule has 0 saturated carbocycles. The minimum absolute atomic E-state index is 0.0126. The Kier molecular flexibility index (Phi) is 4.60. The summed E-state index contributed by atoms with van der Waals surface area (Å²) in [5.41, 5.74) is -0.639. The molecule has 1 aliphatic heterocycles. The molecule has 0 fully saturated rings. The predicted octanol–water partition coefficient (Wildman–Crippen LogP) is 2.09. The third-order valence-electron chi connectivity index (χ3n) is 2.85. The van der Waals surface area contributed by atoms with Crippen molar-refractivity contribution < 1.29 is 19.1 Å². The van der Waals surface area contributed by atoms with Crippen molar-refractivity contribution in [3.05, 3.63) is 16.7 Å². The number of halogens is 1. The topological polar surface area (TPSA) is 80.8 Å². The summed E-state index contributed by atoms with van der Waals surface area (Å²) in [6.07, 6.45) is -0.664. The normalized spacial score (nSPS) is 18.1. The Morgan fingerprint density at radius 1 is 1.50 bits per heavy atom. The molecule has 0 aliphatic carbocycles. The molecule has 0 radical (unpaired) electrons. The van der Waals surface area contributed by atoms with Crippen LogP contribution in [0.5, 0.6) is 5.75 Å². The van der Waals surface area contributed by atoms with Gasteiger partial charge in [-0.15, -0.1) is 0 Å². The second-order valence-electron chi connectivity index (χ2n) is 5.86. The summed E-state index contributed by atoms with van der Waals surface area (Å²) >= 11 is 3.26. The van der Waals surface area contributed by atoms with E-state index < -0.39 is 17.7 Å². The fourth-order valence-corrected chi connectivity index (χ4v) is 2.20. The van der Waals surface area contributed by atoms with Crippen LogP contribution in [0, 0.1) is 0 Å². The van der Waals surface area contributed by atoms with Crippen LogP contribution in [-0.4, -0.2) is 42.3 Å². The molecule has 120 valence electrons. The third-order valence-corrected chi connectivity index (χ3v) is 3.29. The molecule has 0 spiro atoms. The van der Waals surface area contributed by atoms with E-state index in [1.807, 2.05) is 0 Å². The standard InChI is InChI=1S/C14H18BrN3O4/c1-14(2,3)22-13(20)16-8-7-21-9-5-6-10(15)17-11(9)18(4)12(8)19/h5-6,8H,7H2,1-4H3,(H,16,20). The Morgan fingerprint density at radius 3 is 2.82 bits per heavy atom. The Labute approximate surface area is 137 Å². The number of likely N-dealkylation sites (N-methyl/N-ethyl adjacent to an activating group) is 1. The molecular formula is C14H18BrN3O4. The maximum Gasteiger partial charge on any atom is 0.408 e. The van der Waals surface area contributed by atoms with E-state index in [0.29, 0.717) is 16.2 Å². The number of nitrogens with one attached hydrogen (secondary N) is 1. The molecule has 2 rings (SSSR count). The van der Waals surface area contributed by atoms with E-state index in [4.69, 9.17) is 9.47 Å². The van der Waals surface area contributed by atoms with E-state index in [-0.39, 0.29) is 12.5 Å². The van der Waals surface area contributed by atoms with E-state index in [1.54, 1.807) is 40.0 Å². The van der Waals surface area contributed by atoms with Gasteiger partial charge in [-0.05, 0) is 48.8 Å². The molecule has 0 aromatic carbocycles. The first-order valence-electron chi connectivity index (χ1n) is 6.74. The van der Waals surface area contributed by atoms with Gasteiger partial charge in [0.1, 0.15) is 22.9 Å². The summed E-state index contributed by atoms with van der Waals surface area (Å²) in [5, 5.41) is 2.53. The van der Waals surface area contributed by atoms with Gasteiger partial charge in [-0.2, -0.15) is 0 Å². The molecule has 0 saturated heterocycles. The van der Waals surface area contributed by atoms with Gasteiger partial charge in [0.05, 0.1) is 0 Å². The molecule has 0 bridgehead atoms. The molecule has 1 aromatic rings. The van der Waals surface area contributed by atoms with Crippen molar-refractivity contribution in [3.8, 4) is 5.75 Å². The minimum atomic E-state index is -0.840. The van der Waals surface area contributed by atoms with Gasteiger partial charge in [-0.25, -0.2) is 9.78 Å². The van der Waals surface area contributed by atoms with Crippen molar-refractivity contribution in [2.75, 3.05) is 18.6 Å². The van der Waals surface area contributed by atoms with E-state index in [0.717, 1.165) is 0 Å². The Hall–Kier alpha value is -1.83. The number of ether oxygens (including phenoxy) is 2. The van der Waals surface area contributed by atoms with Crippen LogP contribution in [0.2, 0.25) is 0 Å². The van der Waals surface area contributed by atoms with E-state index in [1.165, 1.54) is 4.90 Å². The van der Waals surface area contributed by atoms with Gasteiger partial charge < -0.3 is 14.8 Å². The molecule has 2 amide bonds. The number of carbonyl (C=O) groups excluding carboxylic acids is 2. The van der Waals surface area contributed by atoms with Crippen LogP contribution in [-0.2, 0) is 9.53 Å². The van der Waals surface area contributed by atoms with Crippen LogP contribution in [0.4, 0.5) is 10.6 Å². The highest BCUT2D eigenvalue weighted by Crippen LogP contribution is 2.30. The minimum Gasteiger partial charge on any atom is -0.487 e. The molecule has 1 unspecified atom stereocenters. The Morgan fingerprint density at radius 2 is 2.18 bits per heavy atom. The number of anilines is 1. The first-order valence-corrected chi connectivity index (χ1v) is 7.53. The molecule has 22 heavy (non-hydrogen) atoms. The summed E-state index contributed by atoms with van der Waals surface area (Å²) in [6.45, 7) is 5.27. The van der Waals surface area contributed by atoms with Gasteiger partial charge >= 0.3 is 6.09 Å². The zero-order valence-electron chi connectivity index (χ0n) is 12.8. The Bertz CT molecular complexity index is 600. The molecule has 1 atom stereocenters. The summed E-state index contributed by atoms with van der Waals surface area (Å²) < 4.78 is 11.3. The van der Waals surface area contributed by atoms with Gasteiger partial charge in [0.15, 0.2) is 11.6 Å². The zero-order chi connectivity index (χ0) is 16.5. The van der Waals surface area contributed by atoms with Gasteiger partial charge in [-0.1, -0.05) is 0 Å². The van der Waals surface area contributed by atoms with Crippen molar-refractivity contribution in [2.45, 2.75) is 32.4 Å². The van der Waals surface area contributed by atoms with Crippen molar-refractivity contribution >= 4 is 33.7 Å². The van der Waals surface area contributed by atoms with Crippen LogP contribution in [0.25, 0.3) is 0 Å². The summed E-state index contributed by atoms with van der Waals surface area (Å²) in [6, 6.07) is 2.60. The molecule has 1 aliphatic rings. The fraction of sp³-hybridized carbons (Fsp3) is 0.500. The van der Waals surface area contributed by atoms with Crippen LogP contribution in [0.15, 0.2) is 16.7 Å². The summed E-state index contributed by atoms with van der Waals surface area (Å²) in [5.74, 6) is 0.551. The lowest BCUT2D eigenvalue weighted by Gasteiger charge is -2.23.